The van der Waals surface area contributed by atoms with Crippen molar-refractivity contribution >= 4 is 12.6 Å². The summed E-state index contributed by atoms with van der Waals surface area (Å²) in [5.41, 5.74) is 0. The molecule has 0 amide bonds. The largest absolute Gasteiger partial charge is 0.412 e. The van der Waals surface area contributed by atoms with E-state index in [0.717, 1.165) is 24.1 Å². The zero-order chi connectivity index (χ0) is 9.28. The zero-order valence-corrected chi connectivity index (χ0v) is 10.4. The van der Waals surface area contributed by atoms with Gasteiger partial charge in [-0.25, -0.2) is 0 Å². The van der Waals surface area contributed by atoms with Gasteiger partial charge in [-0.15, -0.1) is 0 Å². The van der Waals surface area contributed by atoms with Gasteiger partial charge in [0, 0.05) is 0 Å². The Morgan fingerprint density at radius 2 is 1.31 bits per heavy atom. The molecular weight excluding hydrogens is 186 g/mol. The molecule has 0 atom stereocenters. The smallest absolute Gasteiger partial charge is 0.00288 e. The molecule has 0 unspecified atom stereocenters. The van der Waals surface area contributed by atoms with E-state index in [-0.39, 0.29) is 11.0 Å². The van der Waals surface area contributed by atoms with Gasteiger partial charge in [0.15, 0.2) is 0 Å². The molecule has 0 saturated heterocycles. The van der Waals surface area contributed by atoms with E-state index in [2.05, 4.69) is 45.6 Å². The highest BCUT2D eigenvalue weighted by atomic mass is 32.1. The monoisotopic (exact) mass is 213 g/mol. The lowest BCUT2D eigenvalue weighted by Gasteiger charge is -1.98. The van der Waals surface area contributed by atoms with Crippen LogP contribution < -0.4 is 5.32 Å². The van der Waals surface area contributed by atoms with Crippen LogP contribution in [0.4, 0.5) is 0 Å². The Morgan fingerprint density at radius 3 is 1.31 bits per heavy atom. The highest BCUT2D eigenvalue weighted by Gasteiger charge is 1.84. The second-order valence-corrected chi connectivity index (χ2v) is 3.89. The second-order valence-electron chi connectivity index (χ2n) is 3.53. The first-order chi connectivity index (χ1) is 5.04. The summed E-state index contributed by atoms with van der Waals surface area (Å²) in [6, 6.07) is 0. The molecule has 0 radical (unpaired) electrons. The fraction of sp³-hybridized carbons (Fsp3) is 1.00. The Hall–Kier alpha value is 0.230. The molecular formula is C9H27NO2S. The molecule has 0 heterocycles. The lowest BCUT2D eigenvalue weighted by molar-refractivity contribution is 0.595. The van der Waals surface area contributed by atoms with E-state index >= 15 is 0 Å². The van der Waals surface area contributed by atoms with E-state index in [1.165, 1.54) is 0 Å². The first-order valence-corrected chi connectivity index (χ1v) is 4.93. The quantitative estimate of drug-likeness (QED) is 0.668. The molecule has 86 valence electrons. The molecule has 0 saturated carbocycles. The molecule has 0 aromatic rings. The van der Waals surface area contributed by atoms with Crippen LogP contribution in [0.25, 0.3) is 0 Å². The lowest BCUT2D eigenvalue weighted by Crippen LogP contribution is -2.12. The Morgan fingerprint density at radius 1 is 1.00 bits per heavy atom. The first-order valence-electron chi connectivity index (χ1n) is 4.30. The molecule has 0 aliphatic carbocycles. The van der Waals surface area contributed by atoms with E-state index < -0.39 is 0 Å². The third-order valence-electron chi connectivity index (χ3n) is 0.978. The van der Waals surface area contributed by atoms with Crippen LogP contribution >= 0.6 is 12.6 Å². The Labute approximate surface area is 88.3 Å². The van der Waals surface area contributed by atoms with Gasteiger partial charge < -0.3 is 16.3 Å². The summed E-state index contributed by atoms with van der Waals surface area (Å²) in [7, 11) is 1.97. The summed E-state index contributed by atoms with van der Waals surface area (Å²) in [6.45, 7) is 9.80. The van der Waals surface area contributed by atoms with Crippen LogP contribution in [0.2, 0.25) is 0 Å². The van der Waals surface area contributed by atoms with Crippen LogP contribution in [0, 0.1) is 11.8 Å². The molecule has 3 nitrogen and oxygen atoms in total. The molecule has 0 aliphatic heterocycles. The maximum Gasteiger partial charge on any atom is -0.00288 e. The van der Waals surface area contributed by atoms with Gasteiger partial charge in [0.2, 0.25) is 0 Å². The van der Waals surface area contributed by atoms with Crippen molar-refractivity contribution < 1.29 is 11.0 Å². The van der Waals surface area contributed by atoms with Crippen molar-refractivity contribution in [2.45, 2.75) is 27.7 Å². The summed E-state index contributed by atoms with van der Waals surface area (Å²) in [5.74, 6) is 2.54. The van der Waals surface area contributed by atoms with E-state index in [1.807, 2.05) is 7.05 Å². The number of hydrogen-bond acceptors (Lipinski definition) is 2. The molecule has 5 N–H and O–H groups in total. The molecule has 0 aromatic heterocycles. The maximum atomic E-state index is 4.02. The van der Waals surface area contributed by atoms with Crippen LogP contribution in [0.15, 0.2) is 0 Å². The van der Waals surface area contributed by atoms with E-state index in [4.69, 9.17) is 0 Å². The van der Waals surface area contributed by atoms with Gasteiger partial charge in [0.1, 0.15) is 0 Å². The van der Waals surface area contributed by atoms with Crippen molar-refractivity contribution in [1.82, 2.24) is 5.32 Å². The molecule has 13 heavy (non-hydrogen) atoms. The van der Waals surface area contributed by atoms with Crippen molar-refractivity contribution in [3.05, 3.63) is 0 Å². The summed E-state index contributed by atoms with van der Waals surface area (Å²) >= 11 is 4.02. The van der Waals surface area contributed by atoms with E-state index in [1.54, 1.807) is 0 Å². The lowest BCUT2D eigenvalue weighted by atomic mass is 10.2. The minimum absolute atomic E-state index is 0. The van der Waals surface area contributed by atoms with Gasteiger partial charge in [-0.05, 0) is 31.2 Å². The van der Waals surface area contributed by atoms with Gasteiger partial charge in [0.05, 0.1) is 0 Å². The SMILES string of the molecule is CC(C)CS.CNCC(C)C.O.O. The van der Waals surface area contributed by atoms with Crippen molar-refractivity contribution in [2.75, 3.05) is 19.3 Å². The summed E-state index contributed by atoms with van der Waals surface area (Å²) < 4.78 is 0. The molecule has 0 fully saturated rings. The molecule has 0 spiro atoms. The predicted molar refractivity (Wildman–Crippen MR) is 64.7 cm³/mol. The second kappa shape index (κ2) is 18.1. The van der Waals surface area contributed by atoms with Crippen LogP contribution in [0.3, 0.4) is 0 Å². The fourth-order valence-corrected chi connectivity index (χ4v) is 0.408. The Balaban J connectivity index is -0.0000000546. The average Bonchev–Trinajstić information content (AvgIpc) is 1.89. The van der Waals surface area contributed by atoms with Crippen LogP contribution in [0.5, 0.6) is 0 Å². The highest BCUT2D eigenvalue weighted by Crippen LogP contribution is 1.90. The molecule has 0 aliphatic rings. The first kappa shape index (κ1) is 23.2. The summed E-state index contributed by atoms with van der Waals surface area (Å²) in [5, 5.41) is 3.07. The average molecular weight is 213 g/mol. The third-order valence-corrected chi connectivity index (χ3v) is 1.71. The molecule has 0 rings (SSSR count). The Bertz CT molecular complexity index is 70.6. The standard InChI is InChI=1S/C5H13N.C4H10S.2H2O/c1-5(2)4-6-3;1-4(2)3-5;;/h5-6H,4H2,1-3H3;4-5H,3H2,1-2H3;2*1H2. The van der Waals surface area contributed by atoms with Gasteiger partial charge >= 0.3 is 0 Å². The normalized spacial score (nSPS) is 8.31. The summed E-state index contributed by atoms with van der Waals surface area (Å²) in [6.07, 6.45) is 0. The van der Waals surface area contributed by atoms with E-state index in [0.29, 0.717) is 0 Å². The highest BCUT2D eigenvalue weighted by molar-refractivity contribution is 7.80. The van der Waals surface area contributed by atoms with Crippen molar-refractivity contribution in [2.24, 2.45) is 11.8 Å². The number of rotatable bonds is 3. The minimum atomic E-state index is 0. The van der Waals surface area contributed by atoms with Gasteiger partial charge in [-0.1, -0.05) is 27.7 Å². The molecule has 0 aromatic carbocycles. The van der Waals surface area contributed by atoms with Crippen LogP contribution in [0.1, 0.15) is 27.7 Å². The zero-order valence-electron chi connectivity index (χ0n) is 9.52. The molecule has 0 bridgehead atoms. The third kappa shape index (κ3) is 46.8. The Kier molecular flexibility index (Phi) is 32.3. The number of nitrogens with one attached hydrogen (secondary N) is 1. The van der Waals surface area contributed by atoms with Crippen molar-refractivity contribution in [3.8, 4) is 0 Å². The minimum Gasteiger partial charge on any atom is -0.412 e. The molecule has 4 heteroatoms. The van der Waals surface area contributed by atoms with E-state index in [9.17, 15) is 0 Å². The van der Waals surface area contributed by atoms with Crippen molar-refractivity contribution in [3.63, 3.8) is 0 Å². The number of thiol groups is 1. The van der Waals surface area contributed by atoms with Crippen molar-refractivity contribution in [1.29, 1.82) is 0 Å². The predicted octanol–water partition coefficient (Wildman–Crippen LogP) is 0.785. The van der Waals surface area contributed by atoms with Crippen LogP contribution in [-0.4, -0.2) is 30.3 Å². The van der Waals surface area contributed by atoms with Gasteiger partial charge in [0.25, 0.3) is 0 Å². The van der Waals surface area contributed by atoms with Crippen LogP contribution in [-0.2, 0) is 0 Å². The van der Waals surface area contributed by atoms with Gasteiger partial charge in [-0.2, -0.15) is 12.6 Å². The topological polar surface area (TPSA) is 75.0 Å². The summed E-state index contributed by atoms with van der Waals surface area (Å²) in [4.78, 5) is 0. The number of hydrogen-bond donors (Lipinski definition) is 2. The maximum absolute atomic E-state index is 4.02. The fourth-order valence-electron chi connectivity index (χ4n) is 0.408. The van der Waals surface area contributed by atoms with Gasteiger partial charge in [-0.3, -0.25) is 0 Å².